The van der Waals surface area contributed by atoms with Gasteiger partial charge in [0.25, 0.3) is 0 Å². The van der Waals surface area contributed by atoms with Crippen LogP contribution in [-0.2, 0) is 11.3 Å². The van der Waals surface area contributed by atoms with Gasteiger partial charge in [0.05, 0.1) is 23.4 Å². The van der Waals surface area contributed by atoms with E-state index < -0.39 is 0 Å². The Bertz CT molecular complexity index is 467. The third-order valence-corrected chi connectivity index (χ3v) is 3.54. The Morgan fingerprint density at radius 2 is 2.42 bits per heavy atom. The Labute approximate surface area is 122 Å². The Morgan fingerprint density at radius 3 is 3.00 bits per heavy atom. The van der Waals surface area contributed by atoms with Crippen LogP contribution >= 0.6 is 22.9 Å². The number of carbonyl (C=O) groups is 1. The fourth-order valence-corrected chi connectivity index (χ4v) is 2.67. The van der Waals surface area contributed by atoms with E-state index in [4.69, 9.17) is 16.9 Å². The van der Waals surface area contributed by atoms with Gasteiger partial charge in [0.2, 0.25) is 5.91 Å². The Balaban J connectivity index is 2.46. The minimum absolute atomic E-state index is 0.0836. The average Bonchev–Trinajstić information content (AvgIpc) is 2.75. The molecule has 0 aromatic carbocycles. The quantitative estimate of drug-likeness (QED) is 0.592. The molecule has 1 rings (SSSR count). The molecule has 0 saturated carbocycles. The van der Waals surface area contributed by atoms with Gasteiger partial charge < -0.3 is 5.32 Å². The number of halogens is 1. The molecule has 1 aromatic rings. The molecule has 1 aromatic heterocycles. The molecule has 0 unspecified atom stereocenters. The molecule has 0 saturated heterocycles. The van der Waals surface area contributed by atoms with Crippen LogP contribution in [0, 0.1) is 11.3 Å². The second kappa shape index (κ2) is 8.70. The summed E-state index contributed by atoms with van der Waals surface area (Å²) in [5.41, 5.74) is 0. The summed E-state index contributed by atoms with van der Waals surface area (Å²) < 4.78 is 0.743. The largest absolute Gasteiger partial charge is 0.354 e. The van der Waals surface area contributed by atoms with E-state index in [2.05, 4.69) is 11.9 Å². The molecule has 4 nitrogen and oxygen atoms in total. The van der Waals surface area contributed by atoms with Gasteiger partial charge >= 0.3 is 0 Å². The second-order valence-corrected chi connectivity index (χ2v) is 5.72. The van der Waals surface area contributed by atoms with Crippen molar-refractivity contribution in [2.45, 2.75) is 13.0 Å². The normalized spacial score (nSPS) is 10.2. The molecule has 1 heterocycles. The number of nitriles is 1. The van der Waals surface area contributed by atoms with Gasteiger partial charge in [-0.15, -0.1) is 17.9 Å². The molecule has 0 aliphatic rings. The van der Waals surface area contributed by atoms with Crippen LogP contribution in [0.25, 0.3) is 0 Å². The summed E-state index contributed by atoms with van der Waals surface area (Å²) in [6.45, 7) is 5.65. The highest BCUT2D eigenvalue weighted by Gasteiger charge is 2.11. The van der Waals surface area contributed by atoms with Gasteiger partial charge in [0.1, 0.15) is 0 Å². The Kier molecular flexibility index (Phi) is 7.19. The van der Waals surface area contributed by atoms with Crippen LogP contribution in [0.5, 0.6) is 0 Å². The zero-order valence-corrected chi connectivity index (χ0v) is 12.1. The molecule has 102 valence electrons. The minimum atomic E-state index is -0.0836. The predicted octanol–water partition coefficient (Wildman–Crippen LogP) is 2.42. The number of hydrogen-bond acceptors (Lipinski definition) is 4. The topological polar surface area (TPSA) is 56.1 Å². The molecular weight excluding hydrogens is 282 g/mol. The van der Waals surface area contributed by atoms with Crippen molar-refractivity contribution in [3.8, 4) is 6.07 Å². The van der Waals surface area contributed by atoms with Crippen LogP contribution < -0.4 is 5.32 Å². The van der Waals surface area contributed by atoms with Crippen molar-refractivity contribution in [1.82, 2.24) is 10.2 Å². The summed E-state index contributed by atoms with van der Waals surface area (Å²) in [7, 11) is 0. The lowest BCUT2D eigenvalue weighted by atomic mass is 10.3. The first-order valence-corrected chi connectivity index (χ1v) is 7.06. The van der Waals surface area contributed by atoms with E-state index in [0.717, 1.165) is 9.21 Å². The van der Waals surface area contributed by atoms with Crippen LogP contribution in [-0.4, -0.2) is 30.4 Å². The maximum atomic E-state index is 11.7. The van der Waals surface area contributed by atoms with Crippen molar-refractivity contribution in [3.63, 3.8) is 0 Å². The third kappa shape index (κ3) is 6.39. The van der Waals surface area contributed by atoms with Crippen LogP contribution in [0.1, 0.15) is 11.3 Å². The number of thiophene rings is 1. The number of nitrogens with zero attached hydrogens (tertiary/aromatic N) is 2. The number of carbonyl (C=O) groups excluding carboxylic acids is 1. The summed E-state index contributed by atoms with van der Waals surface area (Å²) in [6.07, 6.45) is 2.09. The molecule has 0 aliphatic carbocycles. The van der Waals surface area contributed by atoms with E-state index >= 15 is 0 Å². The number of rotatable bonds is 8. The van der Waals surface area contributed by atoms with Crippen molar-refractivity contribution in [2.24, 2.45) is 0 Å². The molecule has 1 amide bonds. The molecule has 0 radical (unpaired) electrons. The van der Waals surface area contributed by atoms with Crippen LogP contribution in [0.15, 0.2) is 24.8 Å². The molecule has 0 atom stereocenters. The van der Waals surface area contributed by atoms with E-state index in [0.29, 0.717) is 26.1 Å². The highest BCUT2D eigenvalue weighted by molar-refractivity contribution is 7.16. The van der Waals surface area contributed by atoms with E-state index in [1.54, 1.807) is 6.08 Å². The Hall–Kier alpha value is -1.35. The molecule has 19 heavy (non-hydrogen) atoms. The van der Waals surface area contributed by atoms with Crippen molar-refractivity contribution in [2.75, 3.05) is 19.6 Å². The van der Waals surface area contributed by atoms with Crippen molar-refractivity contribution < 1.29 is 4.79 Å². The highest BCUT2D eigenvalue weighted by Crippen LogP contribution is 2.22. The fourth-order valence-electron chi connectivity index (χ4n) is 1.54. The summed E-state index contributed by atoms with van der Waals surface area (Å²) in [5.74, 6) is -0.0836. The maximum Gasteiger partial charge on any atom is 0.234 e. The van der Waals surface area contributed by atoms with Crippen molar-refractivity contribution in [1.29, 1.82) is 5.26 Å². The number of hydrogen-bond donors (Lipinski definition) is 1. The van der Waals surface area contributed by atoms with Crippen LogP contribution in [0.4, 0.5) is 0 Å². The molecular formula is C13H16ClN3OS. The fraction of sp³-hybridized carbons (Fsp3) is 0.385. The van der Waals surface area contributed by atoms with Crippen molar-refractivity contribution >= 4 is 28.8 Å². The van der Waals surface area contributed by atoms with Gasteiger partial charge in [-0.1, -0.05) is 17.7 Å². The van der Waals surface area contributed by atoms with Gasteiger partial charge in [-0.05, 0) is 12.1 Å². The lowest BCUT2D eigenvalue weighted by molar-refractivity contribution is -0.122. The molecule has 0 spiro atoms. The van der Waals surface area contributed by atoms with Gasteiger partial charge in [0, 0.05) is 24.5 Å². The lowest BCUT2D eigenvalue weighted by Gasteiger charge is -2.19. The predicted molar refractivity (Wildman–Crippen MR) is 78.0 cm³/mol. The van der Waals surface area contributed by atoms with E-state index in [1.807, 2.05) is 23.1 Å². The SMILES string of the molecule is C=CCN(CC(=O)NCCC#N)Cc1ccc(Cl)s1. The van der Waals surface area contributed by atoms with Crippen molar-refractivity contribution in [3.05, 3.63) is 34.0 Å². The third-order valence-electron chi connectivity index (χ3n) is 2.32. The molecule has 0 fully saturated rings. The van der Waals surface area contributed by atoms with E-state index in [9.17, 15) is 4.79 Å². The monoisotopic (exact) mass is 297 g/mol. The first-order valence-electron chi connectivity index (χ1n) is 5.87. The second-order valence-electron chi connectivity index (χ2n) is 3.92. The molecule has 6 heteroatoms. The zero-order valence-electron chi connectivity index (χ0n) is 10.6. The first-order chi connectivity index (χ1) is 9.15. The lowest BCUT2D eigenvalue weighted by Crippen LogP contribution is -2.37. The number of nitrogens with one attached hydrogen (secondary N) is 1. The van der Waals surface area contributed by atoms with Gasteiger partial charge in [-0.2, -0.15) is 5.26 Å². The zero-order chi connectivity index (χ0) is 14.1. The number of amides is 1. The smallest absolute Gasteiger partial charge is 0.234 e. The standard InChI is InChI=1S/C13H16ClN3OS/c1-2-8-17(9-11-4-5-12(14)19-11)10-13(18)16-7-3-6-15/h2,4-5H,1,3,7-10H2,(H,16,18). The summed E-state index contributed by atoms with van der Waals surface area (Å²) >= 11 is 7.39. The Morgan fingerprint density at radius 1 is 1.63 bits per heavy atom. The van der Waals surface area contributed by atoms with Crippen LogP contribution in [0.2, 0.25) is 4.34 Å². The molecule has 0 aliphatic heterocycles. The van der Waals surface area contributed by atoms with Gasteiger partial charge in [0.15, 0.2) is 0 Å². The summed E-state index contributed by atoms with van der Waals surface area (Å²) in [4.78, 5) is 14.8. The highest BCUT2D eigenvalue weighted by atomic mass is 35.5. The molecule has 0 bridgehead atoms. The summed E-state index contributed by atoms with van der Waals surface area (Å²) in [5, 5.41) is 11.1. The maximum absolute atomic E-state index is 11.7. The first kappa shape index (κ1) is 15.7. The minimum Gasteiger partial charge on any atom is -0.354 e. The van der Waals surface area contributed by atoms with E-state index in [1.165, 1.54) is 11.3 Å². The van der Waals surface area contributed by atoms with Crippen LogP contribution in [0.3, 0.4) is 0 Å². The van der Waals surface area contributed by atoms with Gasteiger partial charge in [-0.25, -0.2) is 0 Å². The van der Waals surface area contributed by atoms with Gasteiger partial charge in [-0.3, -0.25) is 9.69 Å². The average molecular weight is 298 g/mol. The van der Waals surface area contributed by atoms with E-state index in [-0.39, 0.29) is 12.5 Å². The summed E-state index contributed by atoms with van der Waals surface area (Å²) in [6, 6.07) is 5.79. The molecule has 1 N–H and O–H groups in total.